The van der Waals surface area contributed by atoms with Crippen LogP contribution < -0.4 is 10.3 Å². The molecule has 3 aromatic rings. The monoisotopic (exact) mass is 498 g/mol. The van der Waals surface area contributed by atoms with Crippen molar-refractivity contribution in [1.82, 2.24) is 4.57 Å². The van der Waals surface area contributed by atoms with Crippen LogP contribution in [-0.2, 0) is 16.4 Å². The van der Waals surface area contributed by atoms with Crippen LogP contribution in [0.1, 0.15) is 51.2 Å². The van der Waals surface area contributed by atoms with E-state index in [2.05, 4.69) is 25.7 Å². The summed E-state index contributed by atoms with van der Waals surface area (Å²) in [6, 6.07) is 8.01. The lowest BCUT2D eigenvalue weighted by molar-refractivity contribution is 0.354. The van der Waals surface area contributed by atoms with Gasteiger partial charge in [-0.2, -0.15) is 0 Å². The summed E-state index contributed by atoms with van der Waals surface area (Å²) in [6.45, 7) is 12.1. The van der Waals surface area contributed by atoms with Crippen molar-refractivity contribution in [2.24, 2.45) is 11.8 Å². The number of rotatable bonds is 6. The molecule has 1 aliphatic heterocycles. The highest BCUT2D eigenvalue weighted by Crippen LogP contribution is 2.32. The number of anilines is 1. The molecule has 7 heteroatoms. The van der Waals surface area contributed by atoms with Gasteiger partial charge in [0.15, 0.2) is 0 Å². The Morgan fingerprint density at radius 3 is 2.23 bits per heavy atom. The van der Waals surface area contributed by atoms with Gasteiger partial charge in [-0.1, -0.05) is 33.3 Å². The van der Waals surface area contributed by atoms with E-state index in [1.807, 2.05) is 24.5 Å². The second-order valence-electron chi connectivity index (χ2n) is 10.4. The van der Waals surface area contributed by atoms with Gasteiger partial charge in [-0.05, 0) is 73.9 Å². The van der Waals surface area contributed by atoms with Gasteiger partial charge in [-0.3, -0.25) is 4.79 Å². The fourth-order valence-electron chi connectivity index (χ4n) is 5.39. The molecule has 2 atom stereocenters. The quantitative estimate of drug-likeness (QED) is 0.426. The molecule has 188 valence electrons. The lowest BCUT2D eigenvalue weighted by Gasteiger charge is -2.37. The topological polar surface area (TPSA) is 59.4 Å². The molecule has 1 aliphatic rings. The highest BCUT2D eigenvalue weighted by atomic mass is 32.2. The van der Waals surface area contributed by atoms with Crippen molar-refractivity contribution >= 4 is 26.4 Å². The fourth-order valence-corrected chi connectivity index (χ4v) is 6.95. The lowest BCUT2D eigenvalue weighted by atomic mass is 9.91. The van der Waals surface area contributed by atoms with Crippen molar-refractivity contribution in [2.45, 2.75) is 70.2 Å². The Morgan fingerprint density at radius 2 is 1.63 bits per heavy atom. The van der Waals surface area contributed by atoms with Crippen molar-refractivity contribution in [1.29, 1.82) is 0 Å². The van der Waals surface area contributed by atoms with Gasteiger partial charge in [-0.15, -0.1) is 0 Å². The molecular formula is C28H35FN2O3S. The second-order valence-corrected chi connectivity index (χ2v) is 12.3. The smallest absolute Gasteiger partial charge is 0.211 e. The molecule has 2 aromatic carbocycles. The van der Waals surface area contributed by atoms with E-state index in [1.54, 1.807) is 18.2 Å². The number of benzene rings is 2. The molecule has 0 N–H and O–H groups in total. The minimum Gasteiger partial charge on any atom is -0.369 e. The van der Waals surface area contributed by atoms with Crippen LogP contribution in [0.3, 0.4) is 0 Å². The first-order chi connectivity index (χ1) is 16.5. The number of unbranched alkanes of at least 4 members (excludes halogenated alkanes) is 1. The molecule has 35 heavy (non-hydrogen) atoms. The van der Waals surface area contributed by atoms with Gasteiger partial charge in [0, 0.05) is 25.8 Å². The predicted molar refractivity (Wildman–Crippen MR) is 140 cm³/mol. The molecule has 1 aromatic heterocycles. The Morgan fingerprint density at radius 1 is 1.00 bits per heavy atom. The molecule has 0 saturated carbocycles. The van der Waals surface area contributed by atoms with Gasteiger partial charge >= 0.3 is 0 Å². The molecule has 0 spiro atoms. The minimum absolute atomic E-state index is 0.0851. The third-order valence-corrected chi connectivity index (χ3v) is 8.60. The van der Waals surface area contributed by atoms with Crippen LogP contribution in [0, 0.1) is 31.5 Å². The first kappa shape index (κ1) is 25.4. The van der Waals surface area contributed by atoms with Crippen LogP contribution in [-0.4, -0.2) is 26.1 Å². The van der Waals surface area contributed by atoms with E-state index in [0.717, 1.165) is 43.5 Å². The van der Waals surface area contributed by atoms with E-state index in [9.17, 15) is 13.2 Å². The number of nitrogens with zero attached hydrogens (tertiary/aromatic N) is 2. The number of sulfone groups is 1. The van der Waals surface area contributed by atoms with Crippen LogP contribution in [0.4, 0.5) is 10.1 Å². The van der Waals surface area contributed by atoms with Crippen molar-refractivity contribution in [2.75, 3.05) is 18.0 Å². The molecule has 1 saturated heterocycles. The summed E-state index contributed by atoms with van der Waals surface area (Å²) >= 11 is 0. The summed E-state index contributed by atoms with van der Waals surface area (Å²) in [7, 11) is -4.08. The fraction of sp³-hybridized carbons (Fsp3) is 0.464. The normalized spacial score (nSPS) is 18.9. The van der Waals surface area contributed by atoms with Crippen LogP contribution in [0.25, 0.3) is 10.9 Å². The van der Waals surface area contributed by atoms with E-state index in [1.165, 1.54) is 12.3 Å². The molecule has 5 nitrogen and oxygen atoms in total. The summed E-state index contributed by atoms with van der Waals surface area (Å²) in [5, 5.41) is 0.103. The summed E-state index contributed by atoms with van der Waals surface area (Å²) in [4.78, 5) is 15.4. The molecule has 1 fully saturated rings. The largest absolute Gasteiger partial charge is 0.369 e. The predicted octanol–water partition coefficient (Wildman–Crippen LogP) is 5.87. The van der Waals surface area contributed by atoms with Gasteiger partial charge in [0.05, 0.1) is 21.5 Å². The third kappa shape index (κ3) is 5.01. The maximum absolute atomic E-state index is 15.4. The van der Waals surface area contributed by atoms with Crippen molar-refractivity contribution in [3.63, 3.8) is 0 Å². The first-order valence-electron chi connectivity index (χ1n) is 12.5. The van der Waals surface area contributed by atoms with Gasteiger partial charge in [0.1, 0.15) is 10.7 Å². The third-order valence-electron chi connectivity index (χ3n) is 6.87. The number of hydrogen-bond donors (Lipinski definition) is 0. The zero-order valence-corrected chi connectivity index (χ0v) is 22.1. The number of aromatic nitrogens is 1. The molecular weight excluding hydrogens is 463 g/mol. The number of hydrogen-bond acceptors (Lipinski definition) is 4. The summed E-state index contributed by atoms with van der Waals surface area (Å²) in [5.74, 6) is 0.404. The maximum Gasteiger partial charge on any atom is 0.211 e. The molecule has 0 amide bonds. The zero-order chi connectivity index (χ0) is 25.5. The number of halogens is 1. The average molecular weight is 499 g/mol. The highest BCUT2D eigenvalue weighted by molar-refractivity contribution is 7.91. The number of pyridine rings is 1. The van der Waals surface area contributed by atoms with E-state index >= 15 is 4.39 Å². The summed E-state index contributed by atoms with van der Waals surface area (Å²) in [5.41, 5.74) is 2.00. The van der Waals surface area contributed by atoms with E-state index in [-0.39, 0.29) is 15.2 Å². The van der Waals surface area contributed by atoms with Gasteiger partial charge in [0.25, 0.3) is 0 Å². The van der Waals surface area contributed by atoms with Crippen molar-refractivity contribution < 1.29 is 12.8 Å². The average Bonchev–Trinajstić information content (AvgIpc) is 2.77. The van der Waals surface area contributed by atoms with E-state index in [4.69, 9.17) is 0 Å². The number of aryl methyl sites for hydroxylation is 3. The first-order valence-corrected chi connectivity index (χ1v) is 13.9. The van der Waals surface area contributed by atoms with Gasteiger partial charge < -0.3 is 9.47 Å². The Kier molecular flexibility index (Phi) is 7.09. The van der Waals surface area contributed by atoms with Crippen molar-refractivity contribution in [3.8, 4) is 0 Å². The second kappa shape index (κ2) is 9.76. The number of piperidine rings is 1. The van der Waals surface area contributed by atoms with Gasteiger partial charge in [-0.25, -0.2) is 12.8 Å². The molecule has 0 bridgehead atoms. The number of fused-ring (bicyclic) bond motifs is 1. The molecule has 0 unspecified atom stereocenters. The molecule has 0 radical (unpaired) electrons. The van der Waals surface area contributed by atoms with E-state index in [0.29, 0.717) is 29.6 Å². The van der Waals surface area contributed by atoms with Gasteiger partial charge in [0.2, 0.25) is 15.3 Å². The summed E-state index contributed by atoms with van der Waals surface area (Å²) < 4.78 is 44.4. The maximum atomic E-state index is 15.4. The zero-order valence-electron chi connectivity index (χ0n) is 21.3. The SMILES string of the molecule is CCCCn1cc(S(=O)(=O)c2cc(C)cc(C)c2)c(=O)c2cc(F)c(N3C[C@H](C)C[C@@H](C)C3)cc21. The molecule has 2 heterocycles. The Balaban J connectivity index is 1.93. The molecule has 0 aliphatic carbocycles. The van der Waals surface area contributed by atoms with Crippen molar-refractivity contribution in [3.05, 3.63) is 63.7 Å². The Hall–Kier alpha value is -2.67. The summed E-state index contributed by atoms with van der Waals surface area (Å²) in [6.07, 6.45) is 4.27. The van der Waals surface area contributed by atoms with Crippen LogP contribution in [0.2, 0.25) is 0 Å². The minimum atomic E-state index is -4.08. The Bertz CT molecular complexity index is 1400. The lowest BCUT2D eigenvalue weighted by Crippen LogP contribution is -2.39. The highest BCUT2D eigenvalue weighted by Gasteiger charge is 2.27. The standard InChI is InChI=1S/C28H35FN2O3S/c1-6-7-8-30-17-27(35(33,34)22-11-18(2)9-19(3)12-22)28(32)23-13-24(29)26(14-25(23)30)31-15-20(4)10-21(5)16-31/h9,11-14,17,20-21H,6-8,10,15-16H2,1-5H3/t20-,21-/m1/s1. The van der Waals surface area contributed by atoms with Crippen LogP contribution in [0.5, 0.6) is 0 Å². The van der Waals surface area contributed by atoms with E-state index < -0.39 is 21.1 Å². The molecule has 4 rings (SSSR count). The van der Waals surface area contributed by atoms with Crippen LogP contribution >= 0.6 is 0 Å². The Labute approximate surface area is 207 Å². The van der Waals surface area contributed by atoms with Crippen LogP contribution in [0.15, 0.2) is 51.1 Å².